The van der Waals surface area contributed by atoms with Crippen molar-refractivity contribution >= 4 is 51.3 Å². The van der Waals surface area contributed by atoms with Crippen LogP contribution in [0.2, 0.25) is 13.1 Å². The van der Waals surface area contributed by atoms with Crippen LogP contribution < -0.4 is 6.54 Å². The Kier molecular flexibility index (Phi) is 6.64. The van der Waals surface area contributed by atoms with Gasteiger partial charge in [-0.15, -0.1) is 0 Å². The summed E-state index contributed by atoms with van der Waals surface area (Å²) in [7, 11) is 16.5. The van der Waals surface area contributed by atoms with Crippen LogP contribution in [0.5, 0.6) is 0 Å². The van der Waals surface area contributed by atoms with E-state index in [1.165, 1.54) is 62.2 Å². The topological polar surface area (TPSA) is 0 Å². The maximum atomic E-state index is 8.24. The summed E-state index contributed by atoms with van der Waals surface area (Å²) in [5, 5.41) is 0. The van der Waals surface area contributed by atoms with Gasteiger partial charge in [-0.05, 0) is 0 Å². The molecule has 4 aromatic rings. The molecular weight excluding hydrogens is 599 g/mol. The second-order valence-corrected chi connectivity index (χ2v) is 47.7. The van der Waals surface area contributed by atoms with Gasteiger partial charge in [0.1, 0.15) is 0 Å². The molecule has 190 valence electrons. The van der Waals surface area contributed by atoms with Crippen molar-refractivity contribution in [2.75, 3.05) is 0 Å². The summed E-state index contributed by atoms with van der Waals surface area (Å²) in [5.41, 5.74) is 12.2. The second kappa shape index (κ2) is 9.60. The summed E-state index contributed by atoms with van der Waals surface area (Å²) in [5.74, 6) is 0. The number of rotatable bonds is 4. The number of benzene rings is 4. The van der Waals surface area contributed by atoms with E-state index in [2.05, 4.69) is 124 Å². The molecular formula is C34H32Cl2SiZr. The van der Waals surface area contributed by atoms with Gasteiger partial charge in [0, 0.05) is 0 Å². The first-order valence-corrected chi connectivity index (χ1v) is 28.3. The first-order valence-electron chi connectivity index (χ1n) is 13.4. The van der Waals surface area contributed by atoms with E-state index < -0.39 is 20.4 Å². The molecule has 2 aliphatic carbocycles. The minimum atomic E-state index is -4.79. The third-order valence-electron chi connectivity index (χ3n) is 8.76. The molecule has 4 heteroatoms. The van der Waals surface area contributed by atoms with E-state index >= 15 is 0 Å². The van der Waals surface area contributed by atoms with Gasteiger partial charge >= 0.3 is 237 Å². The molecule has 0 nitrogen and oxygen atoms in total. The zero-order valence-corrected chi connectivity index (χ0v) is 27.4. The summed E-state index contributed by atoms with van der Waals surface area (Å²) in [4.78, 5) is 0. The Labute approximate surface area is 234 Å². The van der Waals surface area contributed by atoms with Crippen molar-refractivity contribution in [1.82, 2.24) is 0 Å². The quantitative estimate of drug-likeness (QED) is 0.198. The predicted octanol–water partition coefficient (Wildman–Crippen LogP) is 8.86. The molecule has 0 aromatic heterocycles. The fourth-order valence-corrected chi connectivity index (χ4v) is 28.4. The van der Waals surface area contributed by atoms with Crippen molar-refractivity contribution in [3.8, 4) is 0 Å². The second-order valence-electron chi connectivity index (χ2n) is 11.0. The number of halogens is 2. The Morgan fingerprint density at radius 2 is 0.947 bits per heavy atom. The molecule has 38 heavy (non-hydrogen) atoms. The molecule has 0 saturated heterocycles. The van der Waals surface area contributed by atoms with Crippen LogP contribution in [0.4, 0.5) is 0 Å². The van der Waals surface area contributed by atoms with Gasteiger partial charge in [0.25, 0.3) is 0 Å². The van der Waals surface area contributed by atoms with Crippen LogP contribution in [0, 0.1) is 0 Å². The first-order chi connectivity index (χ1) is 18.2. The summed E-state index contributed by atoms with van der Waals surface area (Å²) in [6, 6.07) is 35.0. The Hall–Kier alpha value is -1.96. The molecule has 2 aliphatic rings. The van der Waals surface area contributed by atoms with Crippen molar-refractivity contribution < 1.29 is 15.0 Å². The van der Waals surface area contributed by atoms with Gasteiger partial charge in [-0.3, -0.25) is 0 Å². The molecule has 0 N–H and O–H groups in total. The number of allylic oxidation sites excluding steroid dienone is 4. The molecule has 0 heterocycles. The fraction of sp³-hybridized carbons (Fsp3) is 0.176. The molecule has 4 aromatic carbocycles. The van der Waals surface area contributed by atoms with Crippen molar-refractivity contribution in [3.05, 3.63) is 130 Å². The van der Waals surface area contributed by atoms with Crippen LogP contribution in [0.3, 0.4) is 0 Å². The maximum absolute atomic E-state index is 8.24. The van der Waals surface area contributed by atoms with E-state index in [1.807, 2.05) is 0 Å². The molecule has 0 unspecified atom stereocenters. The van der Waals surface area contributed by atoms with E-state index in [0.29, 0.717) is 0 Å². The molecule has 0 bridgehead atoms. The predicted molar refractivity (Wildman–Crippen MR) is 167 cm³/mol. The van der Waals surface area contributed by atoms with E-state index in [4.69, 9.17) is 17.0 Å². The van der Waals surface area contributed by atoms with Crippen LogP contribution in [-0.2, 0) is 27.9 Å². The van der Waals surface area contributed by atoms with Crippen molar-refractivity contribution in [3.63, 3.8) is 0 Å². The summed E-state index contributed by atoms with van der Waals surface area (Å²) in [6.07, 6.45) is 1.86. The van der Waals surface area contributed by atoms with Crippen LogP contribution in [0.25, 0.3) is 22.3 Å². The van der Waals surface area contributed by atoms with Gasteiger partial charge in [-0.1, -0.05) is 0 Å². The van der Waals surface area contributed by atoms with Gasteiger partial charge in [0.15, 0.2) is 0 Å². The zero-order valence-electron chi connectivity index (χ0n) is 22.4. The summed E-state index contributed by atoms with van der Waals surface area (Å²) >= 11 is -4.79. The summed E-state index contributed by atoms with van der Waals surface area (Å²) < 4.78 is 2.48. The van der Waals surface area contributed by atoms with E-state index in [0.717, 1.165) is 12.8 Å². The van der Waals surface area contributed by atoms with Gasteiger partial charge in [-0.25, -0.2) is 0 Å². The van der Waals surface area contributed by atoms with Gasteiger partial charge in [0.05, 0.1) is 0 Å². The Balaban J connectivity index is 1.63. The molecule has 0 aliphatic heterocycles. The Morgan fingerprint density at radius 3 is 1.32 bits per heavy atom. The van der Waals surface area contributed by atoms with Gasteiger partial charge < -0.3 is 0 Å². The number of fused-ring (bicyclic) bond motifs is 2. The third-order valence-corrected chi connectivity index (χ3v) is 51.6. The molecule has 0 amide bonds. The van der Waals surface area contributed by atoms with Gasteiger partial charge in [0.2, 0.25) is 0 Å². The fourth-order valence-electron chi connectivity index (χ4n) is 6.66. The minimum absolute atomic E-state index is 0.928. The zero-order chi connectivity index (χ0) is 26.7. The molecule has 0 saturated carbocycles. The standard InChI is InChI=1S/2C16H13.C2H6Si.2ClH.Zr/c2*1-12-15-10-6-5-9-14(15)11-16(12)13-7-3-2-4-8-13;1-3-2;;;/h2*2-9H,11H2,1H3;1-2H3;2*1H;/q;;;;;+2/p-2. The average molecular weight is 631 g/mol. The molecule has 0 spiro atoms. The Morgan fingerprint density at radius 1 is 0.553 bits per heavy atom. The molecule has 0 radical (unpaired) electrons. The SMILES string of the molecule is CC1=C(c2ccccc2)Cc2ccc[c]([Zr]([Cl])([Cl])([c]3cccc4c3C(C)=C(c3ccccc3)C4)=[Si](C)C)c21. The molecule has 0 fully saturated rings. The van der Waals surface area contributed by atoms with Crippen LogP contribution in [0.1, 0.15) is 47.2 Å². The van der Waals surface area contributed by atoms with Crippen LogP contribution in [0.15, 0.2) is 97.1 Å². The number of hydrogen-bond acceptors (Lipinski definition) is 0. The van der Waals surface area contributed by atoms with Crippen molar-refractivity contribution in [2.24, 2.45) is 0 Å². The average Bonchev–Trinajstić information content (AvgIpc) is 3.46. The van der Waals surface area contributed by atoms with Crippen molar-refractivity contribution in [2.45, 2.75) is 39.8 Å². The van der Waals surface area contributed by atoms with E-state index in [9.17, 15) is 0 Å². The molecule has 0 atom stereocenters. The third kappa shape index (κ3) is 3.87. The molecule has 6 rings (SSSR count). The van der Waals surface area contributed by atoms with Crippen LogP contribution >= 0.6 is 17.0 Å². The monoisotopic (exact) mass is 628 g/mol. The number of hydrogen-bond donors (Lipinski definition) is 0. The van der Waals surface area contributed by atoms with Gasteiger partial charge in [-0.2, -0.15) is 0 Å². The van der Waals surface area contributed by atoms with E-state index in [-0.39, 0.29) is 0 Å². The first kappa shape index (κ1) is 26.3. The Bertz CT molecular complexity index is 1620. The van der Waals surface area contributed by atoms with Crippen molar-refractivity contribution in [1.29, 1.82) is 0 Å². The van der Waals surface area contributed by atoms with Crippen LogP contribution in [-0.4, -0.2) is 5.43 Å². The normalized spacial score (nSPS) is 15.1. The van der Waals surface area contributed by atoms with E-state index in [1.54, 1.807) is 0 Å². The summed E-state index contributed by atoms with van der Waals surface area (Å²) in [6.45, 7) is 9.22.